The lowest BCUT2D eigenvalue weighted by Crippen LogP contribution is -2.45. The van der Waals surface area contributed by atoms with Gasteiger partial charge in [0.25, 0.3) is 5.91 Å². The second-order valence-electron chi connectivity index (χ2n) is 5.93. The van der Waals surface area contributed by atoms with Crippen molar-refractivity contribution in [2.24, 2.45) is 0 Å². The minimum absolute atomic E-state index is 0.142. The van der Waals surface area contributed by atoms with Crippen LogP contribution in [0.15, 0.2) is 53.7 Å². The summed E-state index contributed by atoms with van der Waals surface area (Å²) in [6.07, 6.45) is 0. The van der Waals surface area contributed by atoms with E-state index in [1.54, 1.807) is 52.8 Å². The summed E-state index contributed by atoms with van der Waals surface area (Å²) in [5, 5.41) is 11.3. The standard InChI is InChI=1S/C19H17ClN4O3S/c1-26-15-4-2-3-5-16(15)27-12-17-21-22-19-24(17)23(10-11-28-19)18(25)13-6-8-14(20)9-7-13/h2-9H,10-12H2,1H3. The number of methoxy groups -OCH3 is 1. The lowest BCUT2D eigenvalue weighted by Gasteiger charge is -2.29. The third-order valence-corrected chi connectivity index (χ3v) is 5.36. The van der Waals surface area contributed by atoms with Crippen molar-refractivity contribution in [3.8, 4) is 11.5 Å². The molecule has 0 spiro atoms. The van der Waals surface area contributed by atoms with Crippen molar-refractivity contribution in [3.63, 3.8) is 0 Å². The Bertz CT molecular complexity index is 993. The minimum atomic E-state index is -0.142. The van der Waals surface area contributed by atoms with E-state index in [0.717, 1.165) is 5.75 Å². The van der Waals surface area contributed by atoms with Crippen molar-refractivity contribution in [2.45, 2.75) is 11.8 Å². The van der Waals surface area contributed by atoms with Crippen LogP contribution in [0.4, 0.5) is 0 Å². The summed E-state index contributed by atoms with van der Waals surface area (Å²) in [6.45, 7) is 0.692. The van der Waals surface area contributed by atoms with Gasteiger partial charge in [-0.2, -0.15) is 0 Å². The second kappa shape index (κ2) is 8.12. The first-order valence-corrected chi connectivity index (χ1v) is 9.94. The van der Waals surface area contributed by atoms with Crippen molar-refractivity contribution in [3.05, 3.63) is 64.9 Å². The van der Waals surface area contributed by atoms with Gasteiger partial charge < -0.3 is 9.47 Å². The highest BCUT2D eigenvalue weighted by Gasteiger charge is 2.28. The van der Waals surface area contributed by atoms with E-state index in [9.17, 15) is 4.79 Å². The van der Waals surface area contributed by atoms with Gasteiger partial charge in [0.05, 0.1) is 13.7 Å². The molecule has 0 saturated heterocycles. The average Bonchev–Trinajstić information content (AvgIpc) is 3.16. The summed E-state index contributed by atoms with van der Waals surface area (Å²) in [6, 6.07) is 14.2. The number of nitrogens with zero attached hydrogens (tertiary/aromatic N) is 4. The molecule has 0 saturated carbocycles. The largest absolute Gasteiger partial charge is 0.493 e. The van der Waals surface area contributed by atoms with Gasteiger partial charge in [-0.25, -0.2) is 9.69 Å². The Morgan fingerprint density at radius 1 is 1.14 bits per heavy atom. The third kappa shape index (κ3) is 3.65. The van der Waals surface area contributed by atoms with Crippen LogP contribution in [-0.4, -0.2) is 40.2 Å². The molecule has 2 heterocycles. The molecule has 3 aromatic rings. The topological polar surface area (TPSA) is 69.5 Å². The first-order chi connectivity index (χ1) is 13.7. The van der Waals surface area contributed by atoms with Crippen LogP contribution < -0.4 is 14.5 Å². The number of hydrogen-bond acceptors (Lipinski definition) is 6. The molecule has 4 rings (SSSR count). The van der Waals surface area contributed by atoms with E-state index < -0.39 is 0 Å². The van der Waals surface area contributed by atoms with Gasteiger partial charge in [-0.15, -0.1) is 10.2 Å². The molecule has 1 aliphatic heterocycles. The van der Waals surface area contributed by atoms with Crippen LogP contribution >= 0.6 is 23.4 Å². The molecule has 1 amide bonds. The molecule has 0 bridgehead atoms. The summed E-state index contributed by atoms with van der Waals surface area (Å²) in [5.41, 5.74) is 0.549. The number of para-hydroxylation sites is 2. The lowest BCUT2D eigenvalue weighted by atomic mass is 10.2. The SMILES string of the molecule is COc1ccccc1OCc1nnc2n1N(C(=O)c1ccc(Cl)cc1)CCS2. The Balaban J connectivity index is 1.59. The number of aromatic nitrogens is 3. The zero-order chi connectivity index (χ0) is 19.5. The molecule has 0 radical (unpaired) electrons. The predicted molar refractivity (Wildman–Crippen MR) is 107 cm³/mol. The summed E-state index contributed by atoms with van der Waals surface area (Å²) in [5.74, 6) is 2.36. The number of halogens is 1. The number of thioether (sulfide) groups is 1. The zero-order valence-corrected chi connectivity index (χ0v) is 16.6. The number of fused-ring (bicyclic) bond motifs is 1. The average molecular weight is 417 g/mol. The van der Waals surface area contributed by atoms with E-state index in [2.05, 4.69) is 10.2 Å². The predicted octanol–water partition coefficient (Wildman–Crippen LogP) is 3.40. The fraction of sp³-hybridized carbons (Fsp3) is 0.211. The Labute approximate surface area is 171 Å². The van der Waals surface area contributed by atoms with Crippen LogP contribution in [0.25, 0.3) is 0 Å². The van der Waals surface area contributed by atoms with Gasteiger partial charge in [0.15, 0.2) is 17.3 Å². The second-order valence-corrected chi connectivity index (χ2v) is 7.43. The van der Waals surface area contributed by atoms with Crippen LogP contribution in [0.2, 0.25) is 5.02 Å². The van der Waals surface area contributed by atoms with Crippen molar-refractivity contribution in [2.75, 3.05) is 24.4 Å². The molecule has 0 N–H and O–H groups in total. The molecule has 0 aliphatic carbocycles. The van der Waals surface area contributed by atoms with E-state index >= 15 is 0 Å². The summed E-state index contributed by atoms with van der Waals surface area (Å²) in [4.78, 5) is 13.0. The van der Waals surface area contributed by atoms with Crippen molar-refractivity contribution in [1.29, 1.82) is 0 Å². The first kappa shape index (κ1) is 18.6. The molecule has 9 heteroatoms. The van der Waals surface area contributed by atoms with Gasteiger partial charge in [0.2, 0.25) is 5.16 Å². The molecule has 1 aliphatic rings. The smallest absolute Gasteiger partial charge is 0.272 e. The summed E-state index contributed by atoms with van der Waals surface area (Å²) in [7, 11) is 1.59. The molecule has 0 atom stereocenters. The van der Waals surface area contributed by atoms with Gasteiger partial charge in [-0.1, -0.05) is 35.5 Å². The highest BCUT2D eigenvalue weighted by Crippen LogP contribution is 2.28. The Hall–Kier alpha value is -2.71. The van der Waals surface area contributed by atoms with Gasteiger partial charge >= 0.3 is 0 Å². The number of amides is 1. The van der Waals surface area contributed by atoms with Crippen molar-refractivity contribution < 1.29 is 14.3 Å². The number of carbonyl (C=O) groups excluding carboxylic acids is 1. The molecular formula is C19H17ClN4O3S. The van der Waals surface area contributed by atoms with Crippen LogP contribution in [0, 0.1) is 0 Å². The zero-order valence-electron chi connectivity index (χ0n) is 15.0. The Kier molecular flexibility index (Phi) is 5.40. The van der Waals surface area contributed by atoms with Gasteiger partial charge in [-0.05, 0) is 36.4 Å². The maximum absolute atomic E-state index is 13.0. The number of rotatable bonds is 5. The number of carbonyl (C=O) groups is 1. The molecule has 2 aromatic carbocycles. The molecule has 7 nitrogen and oxygen atoms in total. The highest BCUT2D eigenvalue weighted by molar-refractivity contribution is 7.99. The lowest BCUT2D eigenvalue weighted by molar-refractivity contribution is 0.0952. The molecule has 0 fully saturated rings. The van der Waals surface area contributed by atoms with E-state index in [1.165, 1.54) is 0 Å². The van der Waals surface area contributed by atoms with E-state index in [4.69, 9.17) is 21.1 Å². The van der Waals surface area contributed by atoms with E-state index in [1.807, 2.05) is 24.3 Å². The van der Waals surface area contributed by atoms with Gasteiger partial charge in [-0.3, -0.25) is 4.79 Å². The fourth-order valence-electron chi connectivity index (χ4n) is 2.86. The van der Waals surface area contributed by atoms with E-state index in [-0.39, 0.29) is 12.5 Å². The maximum atomic E-state index is 13.0. The van der Waals surface area contributed by atoms with Crippen molar-refractivity contribution >= 4 is 29.3 Å². The molecule has 144 valence electrons. The molecule has 28 heavy (non-hydrogen) atoms. The Morgan fingerprint density at radius 3 is 2.64 bits per heavy atom. The maximum Gasteiger partial charge on any atom is 0.272 e. The number of hydrogen-bond donors (Lipinski definition) is 0. The molecule has 0 unspecified atom stereocenters. The third-order valence-electron chi connectivity index (χ3n) is 4.20. The quantitative estimate of drug-likeness (QED) is 0.635. The van der Waals surface area contributed by atoms with Crippen LogP contribution in [-0.2, 0) is 6.61 Å². The molecule has 1 aromatic heterocycles. The summed E-state index contributed by atoms with van der Waals surface area (Å²) < 4.78 is 12.9. The fourth-order valence-corrected chi connectivity index (χ4v) is 3.85. The first-order valence-electron chi connectivity index (χ1n) is 8.58. The number of benzene rings is 2. The monoisotopic (exact) mass is 416 g/mol. The van der Waals surface area contributed by atoms with Crippen molar-refractivity contribution in [1.82, 2.24) is 14.9 Å². The van der Waals surface area contributed by atoms with Crippen LogP contribution in [0.1, 0.15) is 16.2 Å². The van der Waals surface area contributed by atoms with Crippen LogP contribution in [0.3, 0.4) is 0 Å². The number of ether oxygens (including phenoxy) is 2. The molecular weight excluding hydrogens is 400 g/mol. The minimum Gasteiger partial charge on any atom is -0.493 e. The highest BCUT2D eigenvalue weighted by atomic mass is 35.5. The van der Waals surface area contributed by atoms with Crippen LogP contribution in [0.5, 0.6) is 11.5 Å². The Morgan fingerprint density at radius 2 is 1.89 bits per heavy atom. The van der Waals surface area contributed by atoms with Gasteiger partial charge in [0, 0.05) is 16.3 Å². The van der Waals surface area contributed by atoms with Gasteiger partial charge in [0.1, 0.15) is 6.61 Å². The summed E-state index contributed by atoms with van der Waals surface area (Å²) >= 11 is 7.49. The van der Waals surface area contributed by atoms with E-state index in [0.29, 0.717) is 39.6 Å². The normalized spacial score (nSPS) is 13.1.